The molecule has 1 aliphatic rings. The third-order valence-corrected chi connectivity index (χ3v) is 6.98. The Morgan fingerprint density at radius 2 is 1.50 bits per heavy atom. The molecule has 0 bridgehead atoms. The fraction of sp³-hybridized carbons (Fsp3) is 0.214. The first-order valence-electron chi connectivity index (χ1n) is 11.7. The minimum atomic E-state index is -1.03. The van der Waals surface area contributed by atoms with Gasteiger partial charge in [-0.15, -0.1) is 0 Å². The van der Waals surface area contributed by atoms with Gasteiger partial charge < -0.3 is 10.4 Å². The zero-order chi connectivity index (χ0) is 25.3. The van der Waals surface area contributed by atoms with Crippen LogP contribution in [0.5, 0.6) is 0 Å². The third kappa shape index (κ3) is 6.82. The number of aromatic carboxylic acids is 1. The van der Waals surface area contributed by atoms with Crippen LogP contribution < -0.4 is 5.32 Å². The van der Waals surface area contributed by atoms with Gasteiger partial charge in [0.25, 0.3) is 0 Å². The monoisotopic (exact) mass is 501 g/mol. The van der Waals surface area contributed by atoms with Crippen molar-refractivity contribution in [2.45, 2.75) is 24.5 Å². The van der Waals surface area contributed by atoms with E-state index in [9.17, 15) is 14.4 Å². The summed E-state index contributed by atoms with van der Waals surface area (Å²) >= 11 is 1.33. The van der Waals surface area contributed by atoms with Crippen LogP contribution in [0.1, 0.15) is 27.9 Å². The fourth-order valence-electron chi connectivity index (χ4n) is 3.85. The number of amidine groups is 1. The quantitative estimate of drug-likeness (QED) is 0.426. The summed E-state index contributed by atoms with van der Waals surface area (Å²) in [4.78, 5) is 43.4. The zero-order valence-electron chi connectivity index (χ0n) is 19.7. The molecule has 0 aliphatic carbocycles. The van der Waals surface area contributed by atoms with E-state index in [1.807, 2.05) is 48.5 Å². The molecule has 1 aliphatic heterocycles. The number of hydrogen-bond donors (Lipinski definition) is 2. The Balaban J connectivity index is 1.41. The van der Waals surface area contributed by atoms with Crippen LogP contribution in [0.2, 0.25) is 0 Å². The number of nitrogens with one attached hydrogen (secondary N) is 1. The first kappa shape index (κ1) is 25.2. The van der Waals surface area contributed by atoms with Gasteiger partial charge in [0.2, 0.25) is 11.8 Å². The highest BCUT2D eigenvalue weighted by Crippen LogP contribution is 2.30. The van der Waals surface area contributed by atoms with Gasteiger partial charge in [-0.05, 0) is 48.2 Å². The van der Waals surface area contributed by atoms with Crippen LogP contribution in [0.15, 0.2) is 89.9 Å². The largest absolute Gasteiger partial charge is 0.478 e. The van der Waals surface area contributed by atoms with Crippen LogP contribution in [0.4, 0.5) is 5.69 Å². The van der Waals surface area contributed by atoms with E-state index in [4.69, 9.17) is 10.1 Å². The normalized spacial score (nSPS) is 16.3. The number of carboxylic acid groups (broad SMARTS) is 1. The fourth-order valence-corrected chi connectivity index (χ4v) is 5.05. The van der Waals surface area contributed by atoms with Crippen molar-refractivity contribution in [2.75, 3.05) is 18.4 Å². The molecular weight excluding hydrogens is 474 g/mol. The minimum Gasteiger partial charge on any atom is -0.478 e. The van der Waals surface area contributed by atoms with Crippen molar-refractivity contribution < 1.29 is 19.5 Å². The summed E-state index contributed by atoms with van der Waals surface area (Å²) in [6.45, 7) is 1.05. The van der Waals surface area contributed by atoms with Gasteiger partial charge in [0.15, 0.2) is 5.17 Å². The third-order valence-electron chi connectivity index (χ3n) is 5.76. The Labute approximate surface area is 214 Å². The molecule has 3 aromatic carbocycles. The molecule has 184 valence electrons. The van der Waals surface area contributed by atoms with E-state index in [1.54, 1.807) is 4.90 Å². The number of carbonyl (C=O) groups excluding carboxylic acids is 2. The molecule has 4 rings (SSSR count). The van der Waals surface area contributed by atoms with Gasteiger partial charge in [-0.3, -0.25) is 19.5 Å². The summed E-state index contributed by atoms with van der Waals surface area (Å²) in [5, 5.41) is 11.9. The molecule has 0 unspecified atom stereocenters. The summed E-state index contributed by atoms with van der Waals surface area (Å²) in [6, 6.07) is 25.9. The Bertz CT molecular complexity index is 1230. The zero-order valence-corrected chi connectivity index (χ0v) is 20.5. The van der Waals surface area contributed by atoms with Gasteiger partial charge in [0, 0.05) is 25.2 Å². The van der Waals surface area contributed by atoms with Crippen LogP contribution in [0, 0.1) is 0 Å². The van der Waals surface area contributed by atoms with E-state index < -0.39 is 11.2 Å². The SMILES string of the molecule is O=C(C[C@H]1SC(=NCCc2ccccc2)N(CCc2ccccc2)C1=O)Nc1ccc(C(=O)O)cc1. The number of aliphatic imine (C=N–C) groups is 1. The Morgan fingerprint density at radius 3 is 2.11 bits per heavy atom. The predicted molar refractivity (Wildman–Crippen MR) is 142 cm³/mol. The summed E-state index contributed by atoms with van der Waals surface area (Å²) in [6.07, 6.45) is 1.46. The molecule has 1 heterocycles. The number of nitrogens with zero attached hydrogens (tertiary/aromatic N) is 2. The number of amides is 2. The van der Waals surface area contributed by atoms with Gasteiger partial charge in [-0.25, -0.2) is 4.79 Å². The number of anilines is 1. The standard InChI is InChI=1S/C28H27N3O4S/c32-25(30-23-13-11-22(12-14-23)27(34)35)19-24-26(33)31(18-16-21-9-5-2-6-10-21)28(36-24)29-17-15-20-7-3-1-4-8-20/h1-14,24H,15-19H2,(H,30,32)(H,34,35)/t24-/m1/s1. The lowest BCUT2D eigenvalue weighted by Gasteiger charge is -2.16. The van der Waals surface area contributed by atoms with Crippen LogP contribution in [-0.2, 0) is 22.4 Å². The molecule has 0 saturated carbocycles. The van der Waals surface area contributed by atoms with Crippen molar-refractivity contribution in [2.24, 2.45) is 4.99 Å². The second-order valence-corrected chi connectivity index (χ2v) is 9.54. The highest BCUT2D eigenvalue weighted by Gasteiger charge is 2.38. The lowest BCUT2D eigenvalue weighted by molar-refractivity contribution is -0.128. The number of benzene rings is 3. The van der Waals surface area contributed by atoms with Crippen LogP contribution in [0.3, 0.4) is 0 Å². The number of thioether (sulfide) groups is 1. The molecule has 1 atom stereocenters. The molecule has 0 radical (unpaired) electrons. The number of carbonyl (C=O) groups is 3. The highest BCUT2D eigenvalue weighted by molar-refractivity contribution is 8.15. The second kappa shape index (κ2) is 12.2. The van der Waals surface area contributed by atoms with Crippen LogP contribution >= 0.6 is 11.8 Å². The molecule has 8 heteroatoms. The van der Waals surface area contributed by atoms with Crippen molar-refractivity contribution in [1.29, 1.82) is 0 Å². The van der Waals surface area contributed by atoms with Crippen molar-refractivity contribution >= 4 is 40.4 Å². The van der Waals surface area contributed by atoms with E-state index in [-0.39, 0.29) is 23.8 Å². The van der Waals surface area contributed by atoms with E-state index in [0.29, 0.717) is 30.4 Å². The van der Waals surface area contributed by atoms with Gasteiger partial charge >= 0.3 is 5.97 Å². The van der Waals surface area contributed by atoms with Crippen molar-refractivity contribution in [3.8, 4) is 0 Å². The maximum Gasteiger partial charge on any atom is 0.335 e. The summed E-state index contributed by atoms with van der Waals surface area (Å²) in [5.41, 5.74) is 2.93. The number of carboxylic acids is 1. The average Bonchev–Trinajstić information content (AvgIpc) is 3.18. The molecule has 0 aromatic heterocycles. The lowest BCUT2D eigenvalue weighted by Crippen LogP contribution is -2.35. The maximum absolute atomic E-state index is 13.3. The van der Waals surface area contributed by atoms with Crippen LogP contribution in [0.25, 0.3) is 0 Å². The lowest BCUT2D eigenvalue weighted by atomic mass is 10.1. The number of hydrogen-bond acceptors (Lipinski definition) is 5. The molecule has 0 spiro atoms. The number of rotatable bonds is 10. The van der Waals surface area contributed by atoms with Crippen molar-refractivity contribution in [3.63, 3.8) is 0 Å². The Kier molecular flexibility index (Phi) is 8.52. The average molecular weight is 502 g/mol. The first-order valence-corrected chi connectivity index (χ1v) is 12.6. The second-order valence-electron chi connectivity index (χ2n) is 8.37. The molecule has 1 saturated heterocycles. The van der Waals surface area contributed by atoms with E-state index in [2.05, 4.69) is 17.4 Å². The summed E-state index contributed by atoms with van der Waals surface area (Å²) in [7, 11) is 0. The Hall–Kier alpha value is -3.91. The summed E-state index contributed by atoms with van der Waals surface area (Å²) in [5.74, 6) is -1.46. The van der Waals surface area contributed by atoms with Gasteiger partial charge in [0.1, 0.15) is 5.25 Å². The molecule has 7 nitrogen and oxygen atoms in total. The Morgan fingerprint density at radius 1 is 0.889 bits per heavy atom. The highest BCUT2D eigenvalue weighted by atomic mass is 32.2. The van der Waals surface area contributed by atoms with Gasteiger partial charge in [-0.2, -0.15) is 0 Å². The van der Waals surface area contributed by atoms with Gasteiger partial charge in [-0.1, -0.05) is 72.4 Å². The van der Waals surface area contributed by atoms with E-state index in [0.717, 1.165) is 12.0 Å². The van der Waals surface area contributed by atoms with Crippen molar-refractivity contribution in [3.05, 3.63) is 102 Å². The van der Waals surface area contributed by atoms with Gasteiger partial charge in [0.05, 0.1) is 5.56 Å². The van der Waals surface area contributed by atoms with Crippen LogP contribution in [-0.4, -0.2) is 51.3 Å². The smallest absolute Gasteiger partial charge is 0.335 e. The molecule has 2 amide bonds. The molecule has 36 heavy (non-hydrogen) atoms. The maximum atomic E-state index is 13.3. The molecular formula is C28H27N3O4S. The molecule has 2 N–H and O–H groups in total. The van der Waals surface area contributed by atoms with E-state index >= 15 is 0 Å². The summed E-state index contributed by atoms with van der Waals surface area (Å²) < 4.78 is 0. The topological polar surface area (TPSA) is 99.1 Å². The van der Waals surface area contributed by atoms with E-state index in [1.165, 1.54) is 41.6 Å². The molecule has 3 aromatic rings. The first-order chi connectivity index (χ1) is 17.5. The van der Waals surface area contributed by atoms with Crippen molar-refractivity contribution in [1.82, 2.24) is 4.90 Å². The molecule has 1 fully saturated rings. The minimum absolute atomic E-state index is 0.00369. The predicted octanol–water partition coefficient (Wildman–Crippen LogP) is 4.50.